The van der Waals surface area contributed by atoms with Crippen molar-refractivity contribution in [2.45, 2.75) is 26.2 Å². The molecule has 0 spiro atoms. The van der Waals surface area contributed by atoms with Gasteiger partial charge in [-0.3, -0.25) is 25.2 Å². The minimum Gasteiger partial charge on any atom is -0.455 e. The molecule has 1 aromatic heterocycles. The largest absolute Gasteiger partial charge is 0.455 e. The number of hydrazone groups is 1. The highest BCUT2D eigenvalue weighted by atomic mass is 35.5. The predicted octanol–water partition coefficient (Wildman–Crippen LogP) is 5.09. The maximum Gasteiger partial charge on any atom is 0.305 e. The van der Waals surface area contributed by atoms with Gasteiger partial charge in [-0.1, -0.05) is 40.9 Å². The van der Waals surface area contributed by atoms with Crippen molar-refractivity contribution in [3.63, 3.8) is 0 Å². The molecule has 180 valence electrons. The van der Waals surface area contributed by atoms with Gasteiger partial charge in [-0.2, -0.15) is 5.10 Å². The van der Waals surface area contributed by atoms with E-state index < -0.39 is 17.7 Å². The topological polar surface area (TPSA) is 113 Å². The van der Waals surface area contributed by atoms with Crippen molar-refractivity contribution in [2.24, 2.45) is 5.10 Å². The lowest BCUT2D eigenvalue weighted by atomic mass is 9.93. The monoisotopic (exact) mass is 532 g/mol. The second-order valence-corrected chi connectivity index (χ2v) is 9.03. The summed E-state index contributed by atoms with van der Waals surface area (Å²) in [5.41, 5.74) is 9.51. The van der Waals surface area contributed by atoms with Gasteiger partial charge in [-0.25, -0.2) is 5.43 Å². The van der Waals surface area contributed by atoms with Crippen molar-refractivity contribution in [3.8, 4) is 0 Å². The van der Waals surface area contributed by atoms with E-state index in [0.29, 0.717) is 51.0 Å². The summed E-state index contributed by atoms with van der Waals surface area (Å²) in [4.78, 5) is 37.5. The van der Waals surface area contributed by atoms with E-state index in [-0.39, 0.29) is 16.3 Å². The van der Waals surface area contributed by atoms with Crippen LogP contribution in [-0.4, -0.2) is 23.4 Å². The van der Waals surface area contributed by atoms with Crippen LogP contribution in [0.4, 0.5) is 0 Å². The van der Waals surface area contributed by atoms with Gasteiger partial charge in [0.05, 0.1) is 16.3 Å². The number of hydrogen-bond acceptors (Lipinski definition) is 5. The van der Waals surface area contributed by atoms with Crippen LogP contribution in [0.15, 0.2) is 52.0 Å². The van der Waals surface area contributed by atoms with Crippen LogP contribution in [0, 0.1) is 6.92 Å². The standard InChI is InChI=1S/C24H19Cl3N4O4/c1-12-20-18(28-30-23(33)16-9-8-15(26)11-17(16)27)6-3-7-19(20)35-21(12)24(34)31-29-22(32)13-4-2-5-14(25)10-13/h2,4-5,8-11H,3,6-7H2,1H3,(H,29,32)(H,30,33)(H,31,34)/b28-18+. The molecule has 3 N–H and O–H groups in total. The summed E-state index contributed by atoms with van der Waals surface area (Å²) >= 11 is 17.9. The molecule has 1 aliphatic rings. The Morgan fingerprint density at radius 2 is 1.66 bits per heavy atom. The van der Waals surface area contributed by atoms with E-state index in [1.807, 2.05) is 0 Å². The van der Waals surface area contributed by atoms with Crippen LogP contribution in [0.5, 0.6) is 0 Å². The number of aryl methyl sites for hydroxylation is 1. The SMILES string of the molecule is Cc1c(C(=O)NNC(=O)c2cccc(Cl)c2)oc2c1/C(=N/NC(=O)c1ccc(Cl)cc1Cl)CCC2. The van der Waals surface area contributed by atoms with Crippen molar-refractivity contribution in [1.82, 2.24) is 16.3 Å². The molecule has 0 unspecified atom stereocenters. The third kappa shape index (κ3) is 5.51. The third-order valence-electron chi connectivity index (χ3n) is 5.38. The van der Waals surface area contributed by atoms with E-state index >= 15 is 0 Å². The van der Waals surface area contributed by atoms with Gasteiger partial charge >= 0.3 is 5.91 Å². The van der Waals surface area contributed by atoms with Crippen molar-refractivity contribution in [1.29, 1.82) is 0 Å². The van der Waals surface area contributed by atoms with Crippen LogP contribution in [-0.2, 0) is 6.42 Å². The van der Waals surface area contributed by atoms with E-state index in [1.54, 1.807) is 31.2 Å². The molecule has 0 atom stereocenters. The number of benzene rings is 2. The molecule has 35 heavy (non-hydrogen) atoms. The van der Waals surface area contributed by atoms with Crippen LogP contribution in [0.1, 0.15) is 61.0 Å². The van der Waals surface area contributed by atoms with Gasteiger partial charge in [-0.15, -0.1) is 0 Å². The van der Waals surface area contributed by atoms with Crippen LogP contribution in [0.2, 0.25) is 15.1 Å². The average Bonchev–Trinajstić information content (AvgIpc) is 3.18. The summed E-state index contributed by atoms with van der Waals surface area (Å²) < 4.78 is 5.80. The van der Waals surface area contributed by atoms with Gasteiger partial charge in [0.1, 0.15) is 5.76 Å². The van der Waals surface area contributed by atoms with Gasteiger partial charge in [0.15, 0.2) is 5.76 Å². The summed E-state index contributed by atoms with van der Waals surface area (Å²) in [6.45, 7) is 1.72. The number of rotatable bonds is 4. The molecule has 8 nitrogen and oxygen atoms in total. The normalized spacial score (nSPS) is 13.8. The number of hydrogen-bond donors (Lipinski definition) is 3. The molecular formula is C24H19Cl3N4O4. The smallest absolute Gasteiger partial charge is 0.305 e. The molecule has 0 fully saturated rings. The summed E-state index contributed by atoms with van der Waals surface area (Å²) in [6.07, 6.45) is 1.91. The van der Waals surface area contributed by atoms with Crippen LogP contribution in [0.25, 0.3) is 0 Å². The molecule has 3 amide bonds. The van der Waals surface area contributed by atoms with Gasteiger partial charge in [0, 0.05) is 33.2 Å². The van der Waals surface area contributed by atoms with Crippen molar-refractivity contribution in [2.75, 3.05) is 0 Å². The number of nitrogens with one attached hydrogen (secondary N) is 3. The van der Waals surface area contributed by atoms with Crippen LogP contribution < -0.4 is 16.3 Å². The lowest BCUT2D eigenvalue weighted by molar-refractivity contribution is 0.0829. The molecule has 1 heterocycles. The molecule has 4 rings (SSSR count). The summed E-state index contributed by atoms with van der Waals surface area (Å²) in [5, 5.41) is 5.29. The first-order valence-corrected chi connectivity index (χ1v) is 11.7. The fourth-order valence-corrected chi connectivity index (χ4v) is 4.41. The first-order valence-electron chi connectivity index (χ1n) is 10.6. The number of amides is 3. The number of halogens is 3. The molecule has 2 aromatic carbocycles. The highest BCUT2D eigenvalue weighted by Gasteiger charge is 2.28. The van der Waals surface area contributed by atoms with Gasteiger partial charge in [-0.05, 0) is 56.2 Å². The van der Waals surface area contributed by atoms with E-state index in [4.69, 9.17) is 39.2 Å². The fraction of sp³-hybridized carbons (Fsp3) is 0.167. The fourth-order valence-electron chi connectivity index (χ4n) is 3.72. The number of furan rings is 1. The van der Waals surface area contributed by atoms with E-state index in [1.165, 1.54) is 18.2 Å². The number of carbonyl (C=O) groups excluding carboxylic acids is 3. The molecule has 1 aliphatic carbocycles. The number of carbonyl (C=O) groups is 3. The quantitative estimate of drug-likeness (QED) is 0.405. The average molecular weight is 534 g/mol. The lowest BCUT2D eigenvalue weighted by Crippen LogP contribution is -2.41. The van der Waals surface area contributed by atoms with Crippen molar-refractivity contribution in [3.05, 3.63) is 91.3 Å². The zero-order valence-electron chi connectivity index (χ0n) is 18.4. The predicted molar refractivity (Wildman–Crippen MR) is 133 cm³/mol. The molecule has 0 radical (unpaired) electrons. The number of nitrogens with zero attached hydrogens (tertiary/aromatic N) is 1. The second-order valence-electron chi connectivity index (χ2n) is 7.75. The van der Waals surface area contributed by atoms with Gasteiger partial charge < -0.3 is 4.42 Å². The molecule has 0 bridgehead atoms. The summed E-state index contributed by atoms with van der Waals surface area (Å²) in [5.74, 6) is -1.01. The first kappa shape index (κ1) is 24.8. The van der Waals surface area contributed by atoms with Crippen LogP contribution in [0.3, 0.4) is 0 Å². The van der Waals surface area contributed by atoms with E-state index in [9.17, 15) is 14.4 Å². The highest BCUT2D eigenvalue weighted by molar-refractivity contribution is 6.36. The molecular weight excluding hydrogens is 515 g/mol. The minimum atomic E-state index is -0.622. The van der Waals surface area contributed by atoms with Crippen molar-refractivity contribution >= 4 is 58.2 Å². The Bertz CT molecular complexity index is 1370. The summed E-state index contributed by atoms with van der Waals surface area (Å²) in [6, 6.07) is 10.9. The Morgan fingerprint density at radius 1 is 0.914 bits per heavy atom. The second kappa shape index (κ2) is 10.5. The Kier molecular flexibility index (Phi) is 7.45. The molecule has 11 heteroatoms. The Hall–Kier alpha value is -3.33. The highest BCUT2D eigenvalue weighted by Crippen LogP contribution is 2.30. The Morgan fingerprint density at radius 3 is 2.40 bits per heavy atom. The third-order valence-corrected chi connectivity index (χ3v) is 6.16. The maximum atomic E-state index is 12.7. The zero-order valence-corrected chi connectivity index (χ0v) is 20.6. The van der Waals surface area contributed by atoms with Gasteiger partial charge in [0.25, 0.3) is 11.8 Å². The lowest BCUT2D eigenvalue weighted by Gasteiger charge is -2.13. The molecule has 0 saturated heterocycles. The number of fused-ring (bicyclic) bond motifs is 1. The van der Waals surface area contributed by atoms with Crippen LogP contribution >= 0.6 is 34.8 Å². The Balaban J connectivity index is 1.49. The Labute approximate surface area is 215 Å². The molecule has 3 aromatic rings. The maximum absolute atomic E-state index is 12.7. The minimum absolute atomic E-state index is 0.0445. The van der Waals surface area contributed by atoms with E-state index in [2.05, 4.69) is 21.4 Å². The summed E-state index contributed by atoms with van der Waals surface area (Å²) in [7, 11) is 0. The van der Waals surface area contributed by atoms with E-state index in [0.717, 1.165) is 6.42 Å². The van der Waals surface area contributed by atoms with Crippen molar-refractivity contribution < 1.29 is 18.8 Å². The first-order chi connectivity index (χ1) is 16.7. The molecule has 0 aliphatic heterocycles. The number of hydrazine groups is 1. The van der Waals surface area contributed by atoms with Gasteiger partial charge in [0.2, 0.25) is 0 Å². The zero-order chi connectivity index (χ0) is 25.1. The molecule has 0 saturated carbocycles.